The van der Waals surface area contributed by atoms with Crippen LogP contribution < -0.4 is 5.32 Å². The molecular weight excluding hydrogens is 333 g/mol. The summed E-state index contributed by atoms with van der Waals surface area (Å²) in [7, 11) is 0. The molecule has 0 aliphatic carbocycles. The van der Waals surface area contributed by atoms with Crippen LogP contribution >= 0.6 is 11.6 Å². The van der Waals surface area contributed by atoms with Gasteiger partial charge >= 0.3 is 0 Å². The molecule has 0 aliphatic rings. The molecule has 1 unspecified atom stereocenters. The number of rotatable bonds is 4. The highest BCUT2D eigenvalue weighted by Crippen LogP contribution is 2.21. The van der Waals surface area contributed by atoms with Crippen LogP contribution in [-0.4, -0.2) is 16.0 Å². The molecule has 0 bridgehead atoms. The first-order chi connectivity index (χ1) is 11.5. The standard InChI is InChI=1S/C17H13ClFN3O2/c1-10(20-16(23)12-5-3-7-14(19)9-12)17-21-15(22-24-17)11-4-2-6-13(18)8-11/h2-10H,1H3,(H,20,23). The molecule has 0 saturated carbocycles. The SMILES string of the molecule is CC(NC(=O)c1cccc(F)c1)c1nc(-c2cccc(Cl)c2)no1. The highest BCUT2D eigenvalue weighted by Gasteiger charge is 2.18. The Morgan fingerprint density at radius 2 is 2.04 bits per heavy atom. The van der Waals surface area contributed by atoms with Gasteiger partial charge in [-0.15, -0.1) is 0 Å². The van der Waals surface area contributed by atoms with Crippen molar-refractivity contribution in [1.29, 1.82) is 0 Å². The Morgan fingerprint density at radius 1 is 1.25 bits per heavy atom. The van der Waals surface area contributed by atoms with E-state index in [2.05, 4.69) is 15.5 Å². The monoisotopic (exact) mass is 345 g/mol. The zero-order chi connectivity index (χ0) is 17.1. The van der Waals surface area contributed by atoms with E-state index in [1.165, 1.54) is 18.2 Å². The number of carbonyl (C=O) groups excluding carboxylic acids is 1. The Bertz CT molecular complexity index is 882. The molecule has 7 heteroatoms. The summed E-state index contributed by atoms with van der Waals surface area (Å²) in [5.41, 5.74) is 0.928. The van der Waals surface area contributed by atoms with Gasteiger partial charge in [0.2, 0.25) is 11.7 Å². The normalized spacial score (nSPS) is 12.0. The van der Waals surface area contributed by atoms with Gasteiger partial charge in [0.15, 0.2) is 0 Å². The fourth-order valence-corrected chi connectivity index (χ4v) is 2.32. The van der Waals surface area contributed by atoms with E-state index in [-0.39, 0.29) is 11.5 Å². The van der Waals surface area contributed by atoms with Gasteiger partial charge in [0.05, 0.1) is 0 Å². The van der Waals surface area contributed by atoms with Gasteiger partial charge in [-0.1, -0.05) is 35.0 Å². The van der Waals surface area contributed by atoms with Crippen molar-refractivity contribution >= 4 is 17.5 Å². The minimum atomic E-state index is -0.527. The molecule has 0 spiro atoms. The van der Waals surface area contributed by atoms with Crippen molar-refractivity contribution in [3.63, 3.8) is 0 Å². The molecule has 3 aromatic rings. The van der Waals surface area contributed by atoms with Crippen molar-refractivity contribution in [2.75, 3.05) is 0 Å². The number of hydrogen-bond acceptors (Lipinski definition) is 4. The van der Waals surface area contributed by atoms with Crippen LogP contribution in [0.4, 0.5) is 4.39 Å². The molecule has 0 saturated heterocycles. The molecule has 2 aromatic carbocycles. The van der Waals surface area contributed by atoms with E-state index in [4.69, 9.17) is 16.1 Å². The summed E-state index contributed by atoms with van der Waals surface area (Å²) < 4.78 is 18.4. The van der Waals surface area contributed by atoms with E-state index in [0.717, 1.165) is 6.07 Å². The highest BCUT2D eigenvalue weighted by atomic mass is 35.5. The lowest BCUT2D eigenvalue weighted by molar-refractivity contribution is 0.0932. The number of halogens is 2. The minimum absolute atomic E-state index is 0.219. The summed E-state index contributed by atoms with van der Waals surface area (Å²) in [6, 6.07) is 11.9. The molecule has 1 heterocycles. The Kier molecular flexibility index (Phi) is 4.57. The third kappa shape index (κ3) is 3.60. The van der Waals surface area contributed by atoms with Crippen LogP contribution in [0, 0.1) is 5.82 Å². The predicted octanol–water partition coefficient (Wildman–Crippen LogP) is 4.02. The van der Waals surface area contributed by atoms with E-state index in [1.807, 2.05) is 0 Å². The lowest BCUT2D eigenvalue weighted by atomic mass is 10.2. The summed E-state index contributed by atoms with van der Waals surface area (Å²) in [6.07, 6.45) is 0. The van der Waals surface area contributed by atoms with Crippen molar-refractivity contribution in [2.24, 2.45) is 0 Å². The number of benzene rings is 2. The van der Waals surface area contributed by atoms with Crippen LogP contribution in [0.25, 0.3) is 11.4 Å². The fourth-order valence-electron chi connectivity index (χ4n) is 2.13. The third-order valence-corrected chi connectivity index (χ3v) is 3.56. The minimum Gasteiger partial charge on any atom is -0.341 e. The number of nitrogens with one attached hydrogen (secondary N) is 1. The van der Waals surface area contributed by atoms with Gasteiger partial charge in [0.25, 0.3) is 5.91 Å². The molecule has 122 valence electrons. The second kappa shape index (κ2) is 6.80. The average Bonchev–Trinajstić information content (AvgIpc) is 3.05. The molecule has 0 radical (unpaired) electrons. The second-order valence-electron chi connectivity index (χ2n) is 5.17. The van der Waals surface area contributed by atoms with E-state index in [9.17, 15) is 9.18 Å². The quantitative estimate of drug-likeness (QED) is 0.775. The van der Waals surface area contributed by atoms with E-state index < -0.39 is 17.8 Å². The van der Waals surface area contributed by atoms with Gasteiger partial charge in [-0.05, 0) is 37.3 Å². The van der Waals surface area contributed by atoms with Gasteiger partial charge in [-0.2, -0.15) is 4.98 Å². The van der Waals surface area contributed by atoms with Crippen LogP contribution in [0.15, 0.2) is 53.1 Å². The van der Waals surface area contributed by atoms with Crippen molar-refractivity contribution in [3.8, 4) is 11.4 Å². The Morgan fingerprint density at radius 3 is 2.79 bits per heavy atom. The Labute approximate surface area is 142 Å². The molecule has 1 N–H and O–H groups in total. The van der Waals surface area contributed by atoms with Crippen LogP contribution in [-0.2, 0) is 0 Å². The summed E-state index contributed by atoms with van der Waals surface area (Å²) in [6.45, 7) is 1.70. The fraction of sp³-hybridized carbons (Fsp3) is 0.118. The third-order valence-electron chi connectivity index (χ3n) is 3.33. The van der Waals surface area contributed by atoms with Crippen molar-refractivity contribution in [2.45, 2.75) is 13.0 Å². The maximum atomic E-state index is 13.2. The maximum absolute atomic E-state index is 13.2. The average molecular weight is 346 g/mol. The zero-order valence-corrected chi connectivity index (χ0v) is 13.4. The van der Waals surface area contributed by atoms with Crippen LogP contribution in [0.1, 0.15) is 29.2 Å². The first kappa shape index (κ1) is 16.1. The van der Waals surface area contributed by atoms with Gasteiger partial charge < -0.3 is 9.84 Å². The van der Waals surface area contributed by atoms with Crippen LogP contribution in [0.5, 0.6) is 0 Å². The van der Waals surface area contributed by atoms with Crippen LogP contribution in [0.3, 0.4) is 0 Å². The molecule has 0 aliphatic heterocycles. The molecule has 1 aromatic heterocycles. The summed E-state index contributed by atoms with van der Waals surface area (Å²) in [5, 5.41) is 7.14. The highest BCUT2D eigenvalue weighted by molar-refractivity contribution is 6.30. The summed E-state index contributed by atoms with van der Waals surface area (Å²) >= 11 is 5.94. The van der Waals surface area contributed by atoms with Gasteiger partial charge in [-0.3, -0.25) is 4.79 Å². The summed E-state index contributed by atoms with van der Waals surface area (Å²) in [4.78, 5) is 16.4. The number of carbonyl (C=O) groups is 1. The number of hydrogen-bond donors (Lipinski definition) is 1. The van der Waals surface area contributed by atoms with Gasteiger partial charge in [0, 0.05) is 16.1 Å². The number of aromatic nitrogens is 2. The van der Waals surface area contributed by atoms with Crippen molar-refractivity contribution in [1.82, 2.24) is 15.5 Å². The van der Waals surface area contributed by atoms with E-state index in [1.54, 1.807) is 31.2 Å². The molecular formula is C17H13ClFN3O2. The van der Waals surface area contributed by atoms with Gasteiger partial charge in [0.1, 0.15) is 11.9 Å². The molecule has 3 rings (SSSR count). The van der Waals surface area contributed by atoms with E-state index >= 15 is 0 Å². The van der Waals surface area contributed by atoms with E-state index in [0.29, 0.717) is 16.4 Å². The van der Waals surface area contributed by atoms with Crippen molar-refractivity contribution in [3.05, 3.63) is 70.8 Å². The Hall–Kier alpha value is -2.73. The number of amides is 1. The smallest absolute Gasteiger partial charge is 0.252 e. The lowest BCUT2D eigenvalue weighted by Gasteiger charge is -2.09. The Balaban J connectivity index is 1.74. The predicted molar refractivity (Wildman–Crippen MR) is 87.0 cm³/mol. The topological polar surface area (TPSA) is 68.0 Å². The first-order valence-electron chi connectivity index (χ1n) is 7.19. The second-order valence-corrected chi connectivity index (χ2v) is 5.61. The molecule has 0 fully saturated rings. The molecule has 24 heavy (non-hydrogen) atoms. The summed E-state index contributed by atoms with van der Waals surface area (Å²) in [5.74, 6) is -0.282. The number of nitrogens with zero attached hydrogens (tertiary/aromatic N) is 2. The van der Waals surface area contributed by atoms with Gasteiger partial charge in [-0.25, -0.2) is 4.39 Å². The molecule has 1 atom stereocenters. The molecule has 5 nitrogen and oxygen atoms in total. The van der Waals surface area contributed by atoms with Crippen molar-refractivity contribution < 1.29 is 13.7 Å². The largest absolute Gasteiger partial charge is 0.341 e. The molecule has 1 amide bonds. The maximum Gasteiger partial charge on any atom is 0.252 e. The lowest BCUT2D eigenvalue weighted by Crippen LogP contribution is -2.26. The van der Waals surface area contributed by atoms with Crippen LogP contribution in [0.2, 0.25) is 5.02 Å². The first-order valence-corrected chi connectivity index (χ1v) is 7.57. The zero-order valence-electron chi connectivity index (χ0n) is 12.7.